The van der Waals surface area contributed by atoms with Crippen LogP contribution >= 0.6 is 11.8 Å². The second kappa shape index (κ2) is 3.30. The van der Waals surface area contributed by atoms with Gasteiger partial charge in [0.05, 0.1) is 16.0 Å². The lowest BCUT2D eigenvalue weighted by atomic mass is 9.87. The van der Waals surface area contributed by atoms with E-state index < -0.39 is 16.4 Å². The minimum absolute atomic E-state index is 0.223. The summed E-state index contributed by atoms with van der Waals surface area (Å²) < 4.78 is -0.851. The molecule has 0 aromatic carbocycles. The Kier molecular flexibility index (Phi) is 2.34. The molecule has 8 heteroatoms. The van der Waals surface area contributed by atoms with Crippen molar-refractivity contribution in [2.75, 3.05) is 0 Å². The van der Waals surface area contributed by atoms with Gasteiger partial charge in [0.15, 0.2) is 0 Å². The Hall–Kier alpha value is -1.40. The monoisotopic (exact) mass is 256 g/mol. The Bertz CT molecular complexity index is 455. The van der Waals surface area contributed by atoms with Gasteiger partial charge in [-0.2, -0.15) is 0 Å². The van der Waals surface area contributed by atoms with Gasteiger partial charge in [0.2, 0.25) is 11.6 Å². The van der Waals surface area contributed by atoms with E-state index in [1.165, 1.54) is 16.7 Å². The van der Waals surface area contributed by atoms with Crippen LogP contribution in [-0.2, 0) is 9.59 Å². The summed E-state index contributed by atoms with van der Waals surface area (Å²) in [5.74, 6) is -1.78. The molecule has 7 nitrogen and oxygen atoms in total. The van der Waals surface area contributed by atoms with Crippen LogP contribution in [0.1, 0.15) is 20.8 Å². The molecule has 0 radical (unpaired) electrons. The fraction of sp³-hybridized carbons (Fsp3) is 0.778. The minimum Gasteiger partial charge on any atom is -0.479 e. The van der Waals surface area contributed by atoms with E-state index >= 15 is 0 Å². The van der Waals surface area contributed by atoms with Crippen LogP contribution in [0.3, 0.4) is 0 Å². The van der Waals surface area contributed by atoms with Crippen LogP contribution < -0.4 is 0 Å². The van der Waals surface area contributed by atoms with E-state index in [1.807, 2.05) is 0 Å². The Labute approximate surface area is 102 Å². The molecule has 0 bridgehead atoms. The summed E-state index contributed by atoms with van der Waals surface area (Å²) in [6.45, 7) is 5.11. The fourth-order valence-corrected chi connectivity index (χ4v) is 4.09. The van der Waals surface area contributed by atoms with E-state index in [4.69, 9.17) is 5.53 Å². The standard InChI is InChI=1S/C9H12N4O3S/c1-4-5(14)13-6(4)17-8(2,3)9(13,7(15)16)11-12-10/h4,6H,1-3H3,(H,15,16)/t4-,6-,9+/m1/s1. The van der Waals surface area contributed by atoms with Gasteiger partial charge in [0.25, 0.3) is 0 Å². The lowest BCUT2D eigenvalue weighted by molar-refractivity contribution is -0.173. The van der Waals surface area contributed by atoms with Gasteiger partial charge in [-0.3, -0.25) is 4.79 Å². The van der Waals surface area contributed by atoms with Gasteiger partial charge in [-0.05, 0) is 19.4 Å². The highest BCUT2D eigenvalue weighted by molar-refractivity contribution is 8.01. The Morgan fingerprint density at radius 1 is 1.65 bits per heavy atom. The van der Waals surface area contributed by atoms with E-state index in [0.717, 1.165) is 0 Å². The van der Waals surface area contributed by atoms with Crippen molar-refractivity contribution in [2.45, 2.75) is 36.6 Å². The molecular weight excluding hydrogens is 244 g/mol. The topological polar surface area (TPSA) is 106 Å². The number of azide groups is 1. The molecule has 17 heavy (non-hydrogen) atoms. The summed E-state index contributed by atoms with van der Waals surface area (Å²) in [6, 6.07) is 0. The molecule has 2 rings (SSSR count). The second-order valence-electron chi connectivity index (χ2n) is 4.68. The molecule has 2 fully saturated rings. The fourth-order valence-electron chi connectivity index (χ4n) is 2.42. The maximum Gasteiger partial charge on any atom is 0.337 e. The van der Waals surface area contributed by atoms with Gasteiger partial charge in [0.1, 0.15) is 0 Å². The largest absolute Gasteiger partial charge is 0.479 e. The van der Waals surface area contributed by atoms with Gasteiger partial charge in [0, 0.05) is 4.91 Å². The van der Waals surface area contributed by atoms with Crippen molar-refractivity contribution in [3.8, 4) is 0 Å². The molecule has 92 valence electrons. The molecule has 0 unspecified atom stereocenters. The number of thioether (sulfide) groups is 1. The number of carbonyl (C=O) groups excluding carboxylic acids is 1. The van der Waals surface area contributed by atoms with Crippen LogP contribution in [-0.4, -0.2) is 37.7 Å². The van der Waals surface area contributed by atoms with Crippen molar-refractivity contribution < 1.29 is 14.7 Å². The van der Waals surface area contributed by atoms with Crippen LogP contribution in [0.15, 0.2) is 5.11 Å². The SMILES string of the molecule is C[C@@H]1C(=O)N2[C@@H]1SC(C)(C)[C@]2(N=[N+]=[N-])C(=O)O. The Balaban J connectivity index is 2.60. The summed E-state index contributed by atoms with van der Waals surface area (Å²) in [4.78, 5) is 27.1. The number of carboxylic acid groups (broad SMARTS) is 1. The van der Waals surface area contributed by atoms with Gasteiger partial charge in [-0.1, -0.05) is 12.0 Å². The van der Waals surface area contributed by atoms with Crippen LogP contribution in [0.4, 0.5) is 0 Å². The third-order valence-corrected chi connectivity index (χ3v) is 5.13. The number of hydrogen-bond acceptors (Lipinski definition) is 4. The summed E-state index contributed by atoms with van der Waals surface area (Å²) in [5.41, 5.74) is 6.78. The van der Waals surface area contributed by atoms with E-state index in [-0.39, 0.29) is 17.2 Å². The van der Waals surface area contributed by atoms with Gasteiger partial charge in [-0.15, -0.1) is 11.8 Å². The summed E-state index contributed by atoms with van der Waals surface area (Å²) in [6.07, 6.45) is 0. The number of rotatable bonds is 2. The highest BCUT2D eigenvalue weighted by atomic mass is 32.2. The maximum absolute atomic E-state index is 11.8. The first-order valence-electron chi connectivity index (χ1n) is 5.10. The number of nitrogens with zero attached hydrogens (tertiary/aromatic N) is 4. The number of hydrogen-bond donors (Lipinski definition) is 1. The van der Waals surface area contributed by atoms with E-state index in [2.05, 4.69) is 10.0 Å². The third kappa shape index (κ3) is 1.17. The predicted molar refractivity (Wildman–Crippen MR) is 61.0 cm³/mol. The van der Waals surface area contributed by atoms with Gasteiger partial charge >= 0.3 is 5.97 Å². The summed E-state index contributed by atoms with van der Waals surface area (Å²) in [7, 11) is 0. The normalized spacial score (nSPS) is 38.1. The molecule has 2 heterocycles. The number of fused-ring (bicyclic) bond motifs is 1. The third-order valence-electron chi connectivity index (χ3n) is 3.40. The molecule has 1 N–H and O–H groups in total. The smallest absolute Gasteiger partial charge is 0.337 e. The van der Waals surface area contributed by atoms with Crippen molar-refractivity contribution in [3.05, 3.63) is 10.4 Å². The molecule has 2 aliphatic rings. The molecule has 0 saturated carbocycles. The molecule has 0 aliphatic carbocycles. The van der Waals surface area contributed by atoms with E-state index in [0.29, 0.717) is 0 Å². The van der Waals surface area contributed by atoms with Crippen molar-refractivity contribution in [1.29, 1.82) is 0 Å². The molecule has 0 spiro atoms. The second-order valence-corrected chi connectivity index (χ2v) is 6.42. The number of carbonyl (C=O) groups is 2. The first kappa shape index (κ1) is 12.1. The lowest BCUT2D eigenvalue weighted by Gasteiger charge is -2.46. The zero-order valence-electron chi connectivity index (χ0n) is 9.62. The van der Waals surface area contributed by atoms with E-state index in [1.54, 1.807) is 20.8 Å². The maximum atomic E-state index is 11.8. The number of β-lactam (4-membered cyclic amide) rings is 1. The molecular formula is C9H12N4O3S. The van der Waals surface area contributed by atoms with Crippen molar-refractivity contribution in [2.24, 2.45) is 11.0 Å². The lowest BCUT2D eigenvalue weighted by Crippen LogP contribution is -2.68. The Morgan fingerprint density at radius 2 is 2.24 bits per heavy atom. The van der Waals surface area contributed by atoms with Crippen molar-refractivity contribution >= 4 is 23.6 Å². The number of aliphatic carboxylic acids is 1. The van der Waals surface area contributed by atoms with Crippen LogP contribution in [0.2, 0.25) is 0 Å². The van der Waals surface area contributed by atoms with Crippen LogP contribution in [0, 0.1) is 5.92 Å². The zero-order chi connectivity index (χ0) is 13.0. The average molecular weight is 256 g/mol. The van der Waals surface area contributed by atoms with Gasteiger partial charge < -0.3 is 10.0 Å². The highest BCUT2D eigenvalue weighted by Gasteiger charge is 2.71. The summed E-state index contributed by atoms with van der Waals surface area (Å²) >= 11 is 1.36. The van der Waals surface area contributed by atoms with Crippen molar-refractivity contribution in [1.82, 2.24) is 4.90 Å². The highest BCUT2D eigenvalue weighted by Crippen LogP contribution is 2.59. The van der Waals surface area contributed by atoms with Gasteiger partial charge in [-0.25, -0.2) is 4.79 Å². The molecule has 1 amide bonds. The Morgan fingerprint density at radius 3 is 2.71 bits per heavy atom. The average Bonchev–Trinajstić information content (AvgIpc) is 2.46. The number of carboxylic acids is 1. The van der Waals surface area contributed by atoms with Crippen LogP contribution in [0.25, 0.3) is 10.4 Å². The zero-order valence-corrected chi connectivity index (χ0v) is 10.4. The molecule has 0 aromatic rings. The van der Waals surface area contributed by atoms with Crippen molar-refractivity contribution in [3.63, 3.8) is 0 Å². The molecule has 0 aromatic heterocycles. The van der Waals surface area contributed by atoms with E-state index in [9.17, 15) is 14.7 Å². The quantitative estimate of drug-likeness (QED) is 0.349. The molecule has 2 saturated heterocycles. The first-order valence-corrected chi connectivity index (χ1v) is 5.98. The minimum atomic E-state index is -1.82. The first-order chi connectivity index (χ1) is 7.79. The molecule has 3 atom stereocenters. The predicted octanol–water partition coefficient (Wildman–Crippen LogP) is 1.41. The van der Waals surface area contributed by atoms with Crippen LogP contribution in [0.5, 0.6) is 0 Å². The summed E-state index contributed by atoms with van der Waals surface area (Å²) in [5, 5.41) is 12.6. The number of amides is 1. The molecule has 2 aliphatic heterocycles.